The van der Waals surface area contributed by atoms with Crippen molar-refractivity contribution in [3.05, 3.63) is 34.3 Å². The molecule has 2 heterocycles. The molecule has 0 unspecified atom stereocenters. The van der Waals surface area contributed by atoms with Crippen molar-refractivity contribution in [1.82, 2.24) is 9.80 Å². The largest absolute Gasteiger partial charge is 0.342 e. The molecule has 22 heavy (non-hydrogen) atoms. The van der Waals surface area contributed by atoms with Crippen LogP contribution in [0.2, 0.25) is 0 Å². The second-order valence-electron chi connectivity index (χ2n) is 6.59. The van der Waals surface area contributed by atoms with Gasteiger partial charge in [-0.2, -0.15) is 0 Å². The molecule has 0 spiro atoms. The summed E-state index contributed by atoms with van der Waals surface area (Å²) in [5.74, 6) is 0.609. The predicted octanol–water partition coefficient (Wildman–Crippen LogP) is 3.67. The molecule has 0 aliphatic carbocycles. The zero-order chi connectivity index (χ0) is 15.4. The molecule has 1 amide bonds. The van der Waals surface area contributed by atoms with Crippen molar-refractivity contribution < 1.29 is 4.79 Å². The molecule has 2 aliphatic heterocycles. The van der Waals surface area contributed by atoms with Crippen LogP contribution in [0.1, 0.15) is 37.7 Å². The topological polar surface area (TPSA) is 23.6 Å². The molecule has 120 valence electrons. The fourth-order valence-corrected chi connectivity index (χ4v) is 4.11. The first-order valence-corrected chi connectivity index (χ1v) is 9.27. The molecule has 2 fully saturated rings. The lowest BCUT2D eigenvalue weighted by atomic mass is 9.95. The number of carbonyl (C=O) groups is 1. The molecule has 3 nitrogen and oxygen atoms in total. The van der Waals surface area contributed by atoms with Crippen LogP contribution in [0.25, 0.3) is 0 Å². The quantitative estimate of drug-likeness (QED) is 0.816. The van der Waals surface area contributed by atoms with Crippen LogP contribution < -0.4 is 0 Å². The van der Waals surface area contributed by atoms with E-state index < -0.39 is 0 Å². The van der Waals surface area contributed by atoms with Gasteiger partial charge in [-0.05, 0) is 56.3 Å². The van der Waals surface area contributed by atoms with Gasteiger partial charge in [-0.1, -0.05) is 28.1 Å². The molecule has 2 saturated heterocycles. The minimum atomic E-state index is 0.207. The molecule has 1 atom stereocenters. The summed E-state index contributed by atoms with van der Waals surface area (Å²) in [6.07, 6.45) is 5.84. The van der Waals surface area contributed by atoms with Gasteiger partial charge in [-0.15, -0.1) is 0 Å². The van der Waals surface area contributed by atoms with Crippen LogP contribution in [0.5, 0.6) is 0 Å². The third-order valence-electron chi connectivity index (χ3n) is 4.82. The van der Waals surface area contributed by atoms with E-state index >= 15 is 0 Å². The van der Waals surface area contributed by atoms with Crippen molar-refractivity contribution in [2.24, 2.45) is 5.92 Å². The highest BCUT2D eigenvalue weighted by molar-refractivity contribution is 9.10. The van der Waals surface area contributed by atoms with E-state index in [2.05, 4.69) is 50.0 Å². The SMILES string of the molecule is O=C([C@@H]1CCCN(Cc2cccc(Br)c2)C1)N1CCCCC1. The first-order valence-electron chi connectivity index (χ1n) is 8.48. The van der Waals surface area contributed by atoms with Crippen LogP contribution in [0.3, 0.4) is 0 Å². The number of nitrogens with zero attached hydrogens (tertiary/aromatic N) is 2. The summed E-state index contributed by atoms with van der Waals surface area (Å²) in [6, 6.07) is 8.49. The number of likely N-dealkylation sites (tertiary alicyclic amines) is 2. The lowest BCUT2D eigenvalue weighted by molar-refractivity contribution is -0.138. The van der Waals surface area contributed by atoms with Gasteiger partial charge in [0.05, 0.1) is 5.92 Å². The zero-order valence-electron chi connectivity index (χ0n) is 13.1. The Morgan fingerprint density at radius 1 is 1.14 bits per heavy atom. The van der Waals surface area contributed by atoms with Crippen molar-refractivity contribution in [1.29, 1.82) is 0 Å². The number of amides is 1. The lowest BCUT2D eigenvalue weighted by Gasteiger charge is -2.36. The van der Waals surface area contributed by atoms with Crippen LogP contribution in [0.15, 0.2) is 28.7 Å². The Morgan fingerprint density at radius 3 is 2.73 bits per heavy atom. The van der Waals surface area contributed by atoms with Crippen LogP contribution in [-0.4, -0.2) is 41.9 Å². The van der Waals surface area contributed by atoms with Gasteiger partial charge in [0.1, 0.15) is 0 Å². The minimum absolute atomic E-state index is 0.207. The second kappa shape index (κ2) is 7.60. The molecule has 1 aromatic rings. The molecular formula is C18H25BrN2O. The van der Waals surface area contributed by atoms with Crippen molar-refractivity contribution in [2.45, 2.75) is 38.6 Å². The predicted molar refractivity (Wildman–Crippen MR) is 92.6 cm³/mol. The van der Waals surface area contributed by atoms with Crippen LogP contribution >= 0.6 is 15.9 Å². The van der Waals surface area contributed by atoms with E-state index in [4.69, 9.17) is 0 Å². The molecule has 0 N–H and O–H groups in total. The first kappa shape index (κ1) is 16.0. The normalized spacial score (nSPS) is 23.5. The molecule has 0 saturated carbocycles. The average molecular weight is 365 g/mol. The Kier molecular flexibility index (Phi) is 5.53. The summed E-state index contributed by atoms with van der Waals surface area (Å²) in [6.45, 7) is 4.92. The maximum Gasteiger partial charge on any atom is 0.226 e. The van der Waals surface area contributed by atoms with Crippen LogP contribution in [-0.2, 0) is 11.3 Å². The fourth-order valence-electron chi connectivity index (χ4n) is 3.67. The molecule has 0 bridgehead atoms. The molecule has 0 aromatic heterocycles. The van der Waals surface area contributed by atoms with Gasteiger partial charge < -0.3 is 4.90 Å². The summed E-state index contributed by atoms with van der Waals surface area (Å²) in [7, 11) is 0. The maximum absolute atomic E-state index is 12.7. The summed E-state index contributed by atoms with van der Waals surface area (Å²) in [5.41, 5.74) is 1.32. The van der Waals surface area contributed by atoms with Gasteiger partial charge >= 0.3 is 0 Å². The van der Waals surface area contributed by atoms with Gasteiger partial charge in [-0.25, -0.2) is 0 Å². The number of hydrogen-bond acceptors (Lipinski definition) is 2. The highest BCUT2D eigenvalue weighted by Gasteiger charge is 2.29. The number of benzene rings is 1. The van der Waals surface area contributed by atoms with E-state index in [1.165, 1.54) is 24.8 Å². The highest BCUT2D eigenvalue weighted by Crippen LogP contribution is 2.23. The Balaban J connectivity index is 1.57. The first-order chi connectivity index (χ1) is 10.7. The van der Waals surface area contributed by atoms with Crippen molar-refractivity contribution in [3.8, 4) is 0 Å². The minimum Gasteiger partial charge on any atom is -0.342 e. The number of rotatable bonds is 3. The van der Waals surface area contributed by atoms with Crippen molar-refractivity contribution in [2.75, 3.05) is 26.2 Å². The molecule has 2 aliphatic rings. The summed E-state index contributed by atoms with van der Waals surface area (Å²) >= 11 is 3.53. The van der Waals surface area contributed by atoms with E-state index in [0.717, 1.165) is 50.0 Å². The smallest absolute Gasteiger partial charge is 0.226 e. The Morgan fingerprint density at radius 2 is 1.95 bits per heavy atom. The van der Waals surface area contributed by atoms with Gasteiger partial charge in [0, 0.05) is 30.7 Å². The van der Waals surface area contributed by atoms with Gasteiger partial charge in [0.15, 0.2) is 0 Å². The maximum atomic E-state index is 12.7. The van der Waals surface area contributed by atoms with E-state index in [1.54, 1.807) is 0 Å². The third kappa shape index (κ3) is 4.11. The van der Waals surface area contributed by atoms with E-state index in [-0.39, 0.29) is 5.92 Å². The molecular weight excluding hydrogens is 340 g/mol. The highest BCUT2D eigenvalue weighted by atomic mass is 79.9. The lowest BCUT2D eigenvalue weighted by Crippen LogP contribution is -2.46. The standard InChI is InChI=1S/C18H25BrN2O/c19-17-8-4-6-15(12-17)13-20-9-5-7-16(14-20)18(22)21-10-2-1-3-11-21/h4,6,8,12,16H,1-3,5,7,9-11,13-14H2/t16-/m1/s1. The van der Waals surface area contributed by atoms with Gasteiger partial charge in [0.2, 0.25) is 5.91 Å². The average Bonchev–Trinajstić information content (AvgIpc) is 2.55. The van der Waals surface area contributed by atoms with E-state index in [9.17, 15) is 4.79 Å². The van der Waals surface area contributed by atoms with Crippen LogP contribution in [0, 0.1) is 5.92 Å². The summed E-state index contributed by atoms with van der Waals surface area (Å²) in [5, 5.41) is 0. The Labute approximate surface area is 141 Å². The Hall–Kier alpha value is -0.870. The summed E-state index contributed by atoms with van der Waals surface area (Å²) in [4.78, 5) is 17.2. The molecule has 0 radical (unpaired) electrons. The number of carbonyl (C=O) groups excluding carboxylic acids is 1. The number of hydrogen-bond donors (Lipinski definition) is 0. The zero-order valence-corrected chi connectivity index (χ0v) is 14.7. The number of halogens is 1. The molecule has 1 aromatic carbocycles. The fraction of sp³-hybridized carbons (Fsp3) is 0.611. The molecule has 4 heteroatoms. The van der Waals surface area contributed by atoms with E-state index in [0.29, 0.717) is 5.91 Å². The second-order valence-corrected chi connectivity index (χ2v) is 7.51. The van der Waals surface area contributed by atoms with Gasteiger partial charge in [0.25, 0.3) is 0 Å². The van der Waals surface area contributed by atoms with Gasteiger partial charge in [-0.3, -0.25) is 9.69 Å². The van der Waals surface area contributed by atoms with Crippen LogP contribution in [0.4, 0.5) is 0 Å². The Bertz CT molecular complexity index is 514. The third-order valence-corrected chi connectivity index (χ3v) is 5.31. The van der Waals surface area contributed by atoms with Crippen molar-refractivity contribution in [3.63, 3.8) is 0 Å². The summed E-state index contributed by atoms with van der Waals surface area (Å²) < 4.78 is 1.13. The molecule has 3 rings (SSSR count). The monoisotopic (exact) mass is 364 g/mol. The number of piperidine rings is 2. The van der Waals surface area contributed by atoms with E-state index in [1.807, 2.05) is 0 Å². The van der Waals surface area contributed by atoms with Crippen molar-refractivity contribution >= 4 is 21.8 Å².